The van der Waals surface area contributed by atoms with E-state index in [4.69, 9.17) is 0 Å². The Balaban J connectivity index is 2.67. The molecule has 2 amide bonds. The van der Waals surface area contributed by atoms with Gasteiger partial charge in [0, 0.05) is 11.7 Å². The van der Waals surface area contributed by atoms with E-state index >= 15 is 0 Å². The van der Waals surface area contributed by atoms with Gasteiger partial charge in [0.15, 0.2) is 5.82 Å². The Kier molecular flexibility index (Phi) is 4.58. The topological polar surface area (TPSA) is 71.1 Å². The minimum absolute atomic E-state index is 0.134. The molecule has 0 radical (unpaired) electrons. The molecule has 1 aromatic rings. The monoisotopic (exact) mass is 267 g/mol. The molecule has 2 N–H and O–H groups in total. The summed E-state index contributed by atoms with van der Waals surface area (Å²) < 4.78 is 13.3. The number of carbonyl (C=O) groups excluding carboxylic acids is 2. The Hall–Kier alpha value is -1.98. The van der Waals surface area contributed by atoms with Crippen molar-refractivity contribution in [2.45, 2.75) is 39.3 Å². The van der Waals surface area contributed by atoms with Gasteiger partial charge in [-0.25, -0.2) is 4.39 Å². The molecular weight excluding hydrogens is 249 g/mol. The van der Waals surface area contributed by atoms with Gasteiger partial charge in [0.1, 0.15) is 6.04 Å². The lowest BCUT2D eigenvalue weighted by molar-refractivity contribution is -0.124. The van der Waals surface area contributed by atoms with Gasteiger partial charge in [0.25, 0.3) is 5.91 Å². The average Bonchev–Trinajstić information content (AvgIpc) is 2.27. The third-order valence-electron chi connectivity index (χ3n) is 2.26. The van der Waals surface area contributed by atoms with E-state index in [1.54, 1.807) is 0 Å². The summed E-state index contributed by atoms with van der Waals surface area (Å²) in [4.78, 5) is 27.1. The van der Waals surface area contributed by atoms with E-state index in [1.165, 1.54) is 19.2 Å². The number of carbonyl (C=O) groups is 2. The quantitative estimate of drug-likeness (QED) is 0.866. The minimum Gasteiger partial charge on any atom is -0.350 e. The van der Waals surface area contributed by atoms with Crippen molar-refractivity contribution >= 4 is 11.8 Å². The molecule has 1 unspecified atom stereocenters. The molecule has 1 atom stereocenters. The summed E-state index contributed by atoms with van der Waals surface area (Å²) in [6, 6.07) is 0.512. The summed E-state index contributed by atoms with van der Waals surface area (Å²) in [6.07, 6.45) is 2.27. The van der Waals surface area contributed by atoms with Gasteiger partial charge in [-0.1, -0.05) is 0 Å². The van der Waals surface area contributed by atoms with Crippen molar-refractivity contribution in [3.63, 3.8) is 0 Å². The Morgan fingerprint density at radius 3 is 2.53 bits per heavy atom. The molecule has 0 saturated carbocycles. The molecule has 104 valence electrons. The Labute approximate surface area is 111 Å². The normalized spacial score (nSPS) is 12.7. The van der Waals surface area contributed by atoms with Gasteiger partial charge in [-0.3, -0.25) is 14.6 Å². The molecule has 0 aliphatic carbocycles. The molecule has 0 aliphatic heterocycles. The van der Waals surface area contributed by atoms with E-state index in [-0.39, 0.29) is 11.5 Å². The van der Waals surface area contributed by atoms with Crippen LogP contribution in [0.25, 0.3) is 0 Å². The second-order valence-corrected chi connectivity index (χ2v) is 5.29. The van der Waals surface area contributed by atoms with Crippen molar-refractivity contribution in [3.8, 4) is 0 Å². The zero-order chi connectivity index (χ0) is 14.6. The first-order valence-electron chi connectivity index (χ1n) is 5.93. The van der Waals surface area contributed by atoms with Crippen LogP contribution in [0.1, 0.15) is 38.1 Å². The van der Waals surface area contributed by atoms with Gasteiger partial charge in [0.05, 0.1) is 11.8 Å². The van der Waals surface area contributed by atoms with Gasteiger partial charge in [-0.15, -0.1) is 0 Å². The maximum atomic E-state index is 13.3. The van der Waals surface area contributed by atoms with Gasteiger partial charge in [0.2, 0.25) is 5.91 Å². The Morgan fingerprint density at radius 2 is 2.00 bits per heavy atom. The highest BCUT2D eigenvalue weighted by atomic mass is 19.1. The predicted octanol–water partition coefficient (Wildman–Crippen LogP) is 1.25. The molecule has 19 heavy (non-hydrogen) atoms. The van der Waals surface area contributed by atoms with E-state index in [9.17, 15) is 14.0 Å². The highest BCUT2D eigenvalue weighted by molar-refractivity contribution is 5.97. The van der Waals surface area contributed by atoms with E-state index in [0.717, 1.165) is 6.20 Å². The number of amides is 2. The van der Waals surface area contributed by atoms with Crippen LogP contribution in [-0.4, -0.2) is 28.4 Å². The molecule has 0 spiro atoms. The first-order chi connectivity index (χ1) is 8.70. The van der Waals surface area contributed by atoms with E-state index in [0.29, 0.717) is 0 Å². The van der Waals surface area contributed by atoms with E-state index in [2.05, 4.69) is 15.6 Å². The summed E-state index contributed by atoms with van der Waals surface area (Å²) >= 11 is 0. The molecular formula is C13H18FN3O2. The lowest BCUT2D eigenvalue weighted by Gasteiger charge is -2.23. The molecule has 1 aromatic heterocycles. The number of hydrogen-bond donors (Lipinski definition) is 2. The second kappa shape index (κ2) is 5.77. The molecule has 6 heteroatoms. The minimum atomic E-state index is -0.751. The Morgan fingerprint density at radius 1 is 1.37 bits per heavy atom. The maximum absolute atomic E-state index is 13.3. The summed E-state index contributed by atoms with van der Waals surface area (Å²) in [7, 11) is 0. The van der Waals surface area contributed by atoms with Crippen LogP contribution in [0.5, 0.6) is 0 Å². The highest BCUT2D eigenvalue weighted by Crippen LogP contribution is 2.05. The van der Waals surface area contributed by atoms with Gasteiger partial charge >= 0.3 is 0 Å². The number of halogens is 1. The summed E-state index contributed by atoms with van der Waals surface area (Å²) in [5.74, 6) is -1.68. The molecule has 0 bridgehead atoms. The summed E-state index contributed by atoms with van der Waals surface area (Å²) in [5.41, 5.74) is -0.525. The molecule has 0 aromatic carbocycles. The lowest BCUT2D eigenvalue weighted by atomic mass is 10.1. The second-order valence-electron chi connectivity index (χ2n) is 5.29. The van der Waals surface area contributed by atoms with Crippen LogP contribution in [-0.2, 0) is 4.79 Å². The van der Waals surface area contributed by atoms with Crippen LogP contribution < -0.4 is 10.6 Å². The van der Waals surface area contributed by atoms with Crippen molar-refractivity contribution in [1.29, 1.82) is 0 Å². The third kappa shape index (κ3) is 4.65. The van der Waals surface area contributed by atoms with E-state index < -0.39 is 23.3 Å². The first kappa shape index (κ1) is 15.1. The molecule has 5 nitrogen and oxygen atoms in total. The number of aromatic nitrogens is 1. The number of pyridine rings is 1. The molecule has 0 saturated heterocycles. The van der Waals surface area contributed by atoms with E-state index in [1.807, 2.05) is 20.8 Å². The van der Waals surface area contributed by atoms with Crippen molar-refractivity contribution in [1.82, 2.24) is 15.6 Å². The third-order valence-corrected chi connectivity index (χ3v) is 2.26. The van der Waals surface area contributed by atoms with Crippen LogP contribution in [0.4, 0.5) is 4.39 Å². The smallest absolute Gasteiger partial charge is 0.255 e. The lowest BCUT2D eigenvalue weighted by Crippen LogP contribution is -2.50. The van der Waals surface area contributed by atoms with Crippen molar-refractivity contribution < 1.29 is 14.0 Å². The summed E-state index contributed by atoms with van der Waals surface area (Å²) in [6.45, 7) is 7.05. The van der Waals surface area contributed by atoms with Crippen LogP contribution in [0.2, 0.25) is 0 Å². The number of rotatable bonds is 3. The summed E-state index contributed by atoms with van der Waals surface area (Å²) in [5, 5.41) is 5.17. The van der Waals surface area contributed by atoms with Crippen molar-refractivity contribution in [3.05, 3.63) is 29.8 Å². The van der Waals surface area contributed by atoms with Crippen molar-refractivity contribution in [2.24, 2.45) is 0 Å². The zero-order valence-electron chi connectivity index (χ0n) is 11.5. The number of nitrogens with zero attached hydrogens (tertiary/aromatic N) is 1. The van der Waals surface area contributed by atoms with Gasteiger partial charge < -0.3 is 10.6 Å². The largest absolute Gasteiger partial charge is 0.350 e. The van der Waals surface area contributed by atoms with Crippen LogP contribution in [0.15, 0.2) is 18.5 Å². The van der Waals surface area contributed by atoms with Crippen LogP contribution >= 0.6 is 0 Å². The highest BCUT2D eigenvalue weighted by Gasteiger charge is 2.22. The fourth-order valence-electron chi connectivity index (χ4n) is 1.38. The maximum Gasteiger partial charge on any atom is 0.255 e. The first-order valence-corrected chi connectivity index (χ1v) is 5.93. The fraction of sp³-hybridized carbons (Fsp3) is 0.462. The van der Waals surface area contributed by atoms with Gasteiger partial charge in [-0.05, 0) is 33.8 Å². The molecule has 1 rings (SSSR count). The van der Waals surface area contributed by atoms with Crippen LogP contribution in [0, 0.1) is 5.82 Å². The zero-order valence-corrected chi connectivity index (χ0v) is 11.5. The Bertz CT molecular complexity index is 483. The standard InChI is InChI=1S/C13H18FN3O2/c1-8(11(18)17-13(2,3)4)16-12(19)9-5-6-15-7-10(9)14/h5-8H,1-4H3,(H,16,19)(H,17,18). The number of hydrogen-bond acceptors (Lipinski definition) is 3. The molecule has 0 fully saturated rings. The average molecular weight is 267 g/mol. The molecule has 1 heterocycles. The van der Waals surface area contributed by atoms with Crippen molar-refractivity contribution in [2.75, 3.05) is 0 Å². The van der Waals surface area contributed by atoms with Crippen LogP contribution in [0.3, 0.4) is 0 Å². The fourth-order valence-corrected chi connectivity index (χ4v) is 1.38. The SMILES string of the molecule is CC(NC(=O)c1ccncc1F)C(=O)NC(C)(C)C. The number of nitrogens with one attached hydrogen (secondary N) is 2. The van der Waals surface area contributed by atoms with Gasteiger partial charge in [-0.2, -0.15) is 0 Å². The molecule has 0 aliphatic rings. The predicted molar refractivity (Wildman–Crippen MR) is 69.0 cm³/mol.